The van der Waals surface area contributed by atoms with Gasteiger partial charge in [0.15, 0.2) is 5.96 Å². The lowest BCUT2D eigenvalue weighted by Crippen LogP contribution is -2.41. The summed E-state index contributed by atoms with van der Waals surface area (Å²) in [6.45, 7) is 2.39. The van der Waals surface area contributed by atoms with Gasteiger partial charge in [-0.2, -0.15) is 0 Å². The van der Waals surface area contributed by atoms with E-state index in [-0.39, 0.29) is 35.9 Å². The van der Waals surface area contributed by atoms with Crippen LogP contribution in [0.25, 0.3) is 0 Å². The smallest absolute Gasteiger partial charge is 0.191 e. The molecule has 130 valence electrons. The molecule has 0 saturated carbocycles. The molecule has 1 atom stereocenters. The summed E-state index contributed by atoms with van der Waals surface area (Å²) in [4.78, 5) is 4.18. The molecule has 0 aliphatic carbocycles. The number of nitrogens with zero attached hydrogens (tertiary/aromatic N) is 1. The first-order chi connectivity index (χ1) is 10.7. The summed E-state index contributed by atoms with van der Waals surface area (Å²) in [5.41, 5.74) is 0.743. The average molecular weight is 500 g/mol. The van der Waals surface area contributed by atoms with E-state index in [1.165, 1.54) is 6.07 Å². The molecule has 0 aromatic heterocycles. The van der Waals surface area contributed by atoms with E-state index in [4.69, 9.17) is 4.74 Å². The second kappa shape index (κ2) is 11.2. The van der Waals surface area contributed by atoms with Crippen LogP contribution in [0.4, 0.5) is 4.39 Å². The SMILES string of the molecule is CN=C(NCCCc1ccc(Br)cc1F)NCC1CCCO1.I. The first-order valence-electron chi connectivity index (χ1n) is 7.69. The monoisotopic (exact) mass is 499 g/mol. The fraction of sp³-hybridized carbons (Fsp3) is 0.562. The number of aryl methyl sites for hydroxylation is 1. The van der Waals surface area contributed by atoms with Crippen LogP contribution in [0, 0.1) is 5.82 Å². The minimum atomic E-state index is -0.157. The molecule has 1 aromatic carbocycles. The number of aliphatic imine (C=N–C) groups is 1. The molecule has 1 saturated heterocycles. The molecular formula is C16H24BrFIN3O. The van der Waals surface area contributed by atoms with Gasteiger partial charge in [-0.3, -0.25) is 4.99 Å². The third-order valence-corrected chi connectivity index (χ3v) is 4.17. The van der Waals surface area contributed by atoms with E-state index in [0.717, 1.165) is 55.0 Å². The van der Waals surface area contributed by atoms with Gasteiger partial charge in [0.25, 0.3) is 0 Å². The summed E-state index contributed by atoms with van der Waals surface area (Å²) >= 11 is 3.27. The van der Waals surface area contributed by atoms with Gasteiger partial charge in [0, 0.05) is 31.2 Å². The van der Waals surface area contributed by atoms with Gasteiger partial charge in [0.1, 0.15) is 5.82 Å². The Labute approximate surface area is 162 Å². The second-order valence-corrected chi connectivity index (χ2v) is 6.27. The van der Waals surface area contributed by atoms with E-state index in [0.29, 0.717) is 6.42 Å². The molecule has 4 nitrogen and oxygen atoms in total. The summed E-state index contributed by atoms with van der Waals surface area (Å²) in [6.07, 6.45) is 4.08. The standard InChI is InChI=1S/C16H23BrFN3O.HI/c1-19-16(21-11-14-5-3-9-22-14)20-8-2-4-12-6-7-13(17)10-15(12)18;/h6-7,10,14H,2-5,8-9,11H2,1H3,(H2,19,20,21);1H. The Morgan fingerprint density at radius 2 is 2.26 bits per heavy atom. The lowest BCUT2D eigenvalue weighted by molar-refractivity contribution is 0.114. The van der Waals surface area contributed by atoms with Crippen LogP contribution in [0.1, 0.15) is 24.8 Å². The topological polar surface area (TPSA) is 45.7 Å². The summed E-state index contributed by atoms with van der Waals surface area (Å²) in [7, 11) is 1.75. The van der Waals surface area contributed by atoms with Crippen LogP contribution in [0.5, 0.6) is 0 Å². The Bertz CT molecular complexity index is 510. The van der Waals surface area contributed by atoms with Crippen molar-refractivity contribution in [2.75, 3.05) is 26.7 Å². The number of benzene rings is 1. The third kappa shape index (κ3) is 7.34. The normalized spacial score (nSPS) is 17.7. The fourth-order valence-electron chi connectivity index (χ4n) is 2.45. The van der Waals surface area contributed by atoms with Gasteiger partial charge >= 0.3 is 0 Å². The van der Waals surface area contributed by atoms with Gasteiger partial charge in [0.2, 0.25) is 0 Å². The van der Waals surface area contributed by atoms with Crippen molar-refractivity contribution in [1.29, 1.82) is 0 Å². The molecule has 7 heteroatoms. The molecule has 23 heavy (non-hydrogen) atoms. The van der Waals surface area contributed by atoms with Crippen molar-refractivity contribution >= 4 is 45.9 Å². The minimum Gasteiger partial charge on any atom is -0.376 e. The molecule has 1 aliphatic heterocycles. The number of halogens is 3. The summed E-state index contributed by atoms with van der Waals surface area (Å²) < 4.78 is 20.0. The zero-order valence-electron chi connectivity index (χ0n) is 13.3. The first kappa shape index (κ1) is 20.6. The fourth-order valence-corrected chi connectivity index (χ4v) is 2.78. The van der Waals surface area contributed by atoms with Gasteiger partial charge in [-0.15, -0.1) is 24.0 Å². The Morgan fingerprint density at radius 1 is 1.43 bits per heavy atom. The molecule has 0 amide bonds. The Hall–Kier alpha value is -0.410. The zero-order valence-corrected chi connectivity index (χ0v) is 17.2. The van der Waals surface area contributed by atoms with Crippen LogP contribution in [0.3, 0.4) is 0 Å². The maximum atomic E-state index is 13.7. The highest BCUT2D eigenvalue weighted by atomic mass is 127. The van der Waals surface area contributed by atoms with Gasteiger partial charge in [-0.1, -0.05) is 22.0 Å². The Kier molecular flexibility index (Phi) is 10.0. The molecule has 1 aliphatic rings. The van der Waals surface area contributed by atoms with Crippen molar-refractivity contribution < 1.29 is 9.13 Å². The van der Waals surface area contributed by atoms with Gasteiger partial charge in [0.05, 0.1) is 6.10 Å². The number of hydrogen-bond acceptors (Lipinski definition) is 2. The number of rotatable bonds is 6. The Morgan fingerprint density at radius 3 is 2.91 bits per heavy atom. The van der Waals surface area contributed by atoms with Crippen molar-refractivity contribution in [3.63, 3.8) is 0 Å². The van der Waals surface area contributed by atoms with Crippen LogP contribution in [-0.2, 0) is 11.2 Å². The molecular weight excluding hydrogens is 476 g/mol. The lowest BCUT2D eigenvalue weighted by atomic mass is 10.1. The van der Waals surface area contributed by atoms with Gasteiger partial charge in [-0.25, -0.2) is 4.39 Å². The van der Waals surface area contributed by atoms with Crippen LogP contribution < -0.4 is 10.6 Å². The van der Waals surface area contributed by atoms with Gasteiger partial charge in [-0.05, 0) is 43.4 Å². The third-order valence-electron chi connectivity index (χ3n) is 3.68. The minimum absolute atomic E-state index is 0. The predicted octanol–water partition coefficient (Wildman–Crippen LogP) is 3.48. The van der Waals surface area contributed by atoms with E-state index in [1.807, 2.05) is 12.1 Å². The van der Waals surface area contributed by atoms with Crippen LogP contribution in [-0.4, -0.2) is 38.8 Å². The summed E-state index contributed by atoms with van der Waals surface area (Å²) in [6, 6.07) is 5.20. The van der Waals surface area contributed by atoms with Crippen molar-refractivity contribution in [1.82, 2.24) is 10.6 Å². The quantitative estimate of drug-likeness (QED) is 0.272. The lowest BCUT2D eigenvalue weighted by Gasteiger charge is -2.15. The van der Waals surface area contributed by atoms with E-state index in [2.05, 4.69) is 31.6 Å². The molecule has 1 fully saturated rings. The highest BCUT2D eigenvalue weighted by Crippen LogP contribution is 2.16. The van der Waals surface area contributed by atoms with E-state index < -0.39 is 0 Å². The number of nitrogens with one attached hydrogen (secondary N) is 2. The predicted molar refractivity (Wildman–Crippen MR) is 106 cm³/mol. The number of guanidine groups is 1. The summed E-state index contributed by atoms with van der Waals surface area (Å²) in [5.74, 6) is 0.613. The van der Waals surface area contributed by atoms with E-state index >= 15 is 0 Å². The second-order valence-electron chi connectivity index (χ2n) is 5.35. The van der Waals surface area contributed by atoms with Crippen molar-refractivity contribution in [2.45, 2.75) is 31.8 Å². The summed E-state index contributed by atoms with van der Waals surface area (Å²) in [5, 5.41) is 6.51. The van der Waals surface area contributed by atoms with Crippen molar-refractivity contribution in [2.24, 2.45) is 4.99 Å². The van der Waals surface area contributed by atoms with E-state index in [1.54, 1.807) is 7.05 Å². The van der Waals surface area contributed by atoms with Crippen LogP contribution >= 0.6 is 39.9 Å². The molecule has 2 N–H and O–H groups in total. The van der Waals surface area contributed by atoms with Crippen LogP contribution in [0.2, 0.25) is 0 Å². The molecule has 0 bridgehead atoms. The maximum absolute atomic E-state index is 13.7. The zero-order chi connectivity index (χ0) is 15.8. The van der Waals surface area contributed by atoms with Gasteiger partial charge < -0.3 is 15.4 Å². The molecule has 0 spiro atoms. The van der Waals surface area contributed by atoms with Crippen LogP contribution in [0.15, 0.2) is 27.7 Å². The van der Waals surface area contributed by atoms with E-state index in [9.17, 15) is 4.39 Å². The highest BCUT2D eigenvalue weighted by molar-refractivity contribution is 14.0. The number of hydrogen-bond donors (Lipinski definition) is 2. The maximum Gasteiger partial charge on any atom is 0.191 e. The molecule has 2 rings (SSSR count). The number of ether oxygens (including phenoxy) is 1. The molecule has 1 aromatic rings. The highest BCUT2D eigenvalue weighted by Gasteiger charge is 2.15. The largest absolute Gasteiger partial charge is 0.376 e. The molecule has 1 unspecified atom stereocenters. The average Bonchev–Trinajstić information content (AvgIpc) is 3.01. The molecule has 0 radical (unpaired) electrons. The Balaban J connectivity index is 0.00000264. The first-order valence-corrected chi connectivity index (χ1v) is 8.48. The van der Waals surface area contributed by atoms with Crippen molar-refractivity contribution in [3.05, 3.63) is 34.1 Å². The van der Waals surface area contributed by atoms with Crippen molar-refractivity contribution in [3.8, 4) is 0 Å². The molecule has 1 heterocycles.